The van der Waals surface area contributed by atoms with Crippen molar-refractivity contribution in [2.45, 2.75) is 57.0 Å². The van der Waals surface area contributed by atoms with Crippen LogP contribution in [-0.2, 0) is 4.79 Å². The third-order valence-electron chi connectivity index (χ3n) is 5.05. The summed E-state index contributed by atoms with van der Waals surface area (Å²) < 4.78 is 0. The number of hydrogen-bond donors (Lipinski definition) is 1. The molecule has 4 nitrogen and oxygen atoms in total. The number of aromatic nitrogens is 1. The van der Waals surface area contributed by atoms with Crippen molar-refractivity contribution in [1.82, 2.24) is 9.88 Å². The zero-order chi connectivity index (χ0) is 14.7. The Bertz CT molecular complexity index is 482. The normalized spacial score (nSPS) is 28.2. The van der Waals surface area contributed by atoms with Gasteiger partial charge in [-0.25, -0.2) is 0 Å². The Kier molecular flexibility index (Phi) is 6.21. The van der Waals surface area contributed by atoms with Crippen LogP contribution in [-0.4, -0.2) is 28.4 Å². The van der Waals surface area contributed by atoms with Crippen LogP contribution in [0.2, 0.25) is 0 Å². The number of likely N-dealkylation sites (tertiary alicyclic amines) is 1. The van der Waals surface area contributed by atoms with Gasteiger partial charge in [-0.2, -0.15) is 0 Å². The van der Waals surface area contributed by atoms with Crippen molar-refractivity contribution in [2.24, 2.45) is 11.7 Å². The van der Waals surface area contributed by atoms with Crippen molar-refractivity contribution in [3.8, 4) is 0 Å². The second-order valence-electron chi connectivity index (χ2n) is 6.44. The average Bonchev–Trinajstić information content (AvgIpc) is 3.00. The molecule has 2 fully saturated rings. The minimum Gasteiger partial charge on any atom is -0.336 e. The number of nitrogens with two attached hydrogens (primary N) is 1. The van der Waals surface area contributed by atoms with Gasteiger partial charge in [-0.05, 0) is 43.2 Å². The van der Waals surface area contributed by atoms with Gasteiger partial charge in [0.05, 0.1) is 6.04 Å². The molecule has 3 unspecified atom stereocenters. The van der Waals surface area contributed by atoms with Crippen LogP contribution >= 0.6 is 12.4 Å². The highest BCUT2D eigenvalue weighted by Crippen LogP contribution is 2.34. The van der Waals surface area contributed by atoms with Crippen LogP contribution in [0.15, 0.2) is 24.5 Å². The lowest BCUT2D eigenvalue weighted by Crippen LogP contribution is -2.38. The molecular formula is C17H26ClN3O. The Balaban J connectivity index is 0.00000176. The number of halogens is 1. The van der Waals surface area contributed by atoms with Crippen LogP contribution in [0.4, 0.5) is 0 Å². The predicted molar refractivity (Wildman–Crippen MR) is 89.7 cm³/mol. The molecule has 1 aliphatic heterocycles. The molecule has 2 N–H and O–H groups in total. The minimum absolute atomic E-state index is 0. The molecule has 5 heteroatoms. The van der Waals surface area contributed by atoms with Crippen LogP contribution in [0.5, 0.6) is 0 Å². The number of pyridine rings is 1. The maximum Gasteiger partial charge on any atom is 0.223 e. The van der Waals surface area contributed by atoms with Crippen molar-refractivity contribution in [2.75, 3.05) is 6.54 Å². The standard InChI is InChI=1S/C17H25N3O.ClH/c18-15-7-2-1-5-13(15)11-17(21)20-10-4-8-16(20)14-6-3-9-19-12-14;/h3,6,9,12-13,15-16H,1-2,4-5,7-8,10-11,18H2;1H. The van der Waals surface area contributed by atoms with Gasteiger partial charge in [0, 0.05) is 31.4 Å². The molecule has 0 radical (unpaired) electrons. The SMILES string of the molecule is Cl.NC1CCCCC1CC(=O)N1CCCC1c1cccnc1. The van der Waals surface area contributed by atoms with Gasteiger partial charge < -0.3 is 10.6 Å². The van der Waals surface area contributed by atoms with Gasteiger partial charge in [0.15, 0.2) is 0 Å². The molecule has 1 aromatic heterocycles. The van der Waals surface area contributed by atoms with E-state index >= 15 is 0 Å². The third-order valence-corrected chi connectivity index (χ3v) is 5.05. The van der Waals surface area contributed by atoms with Crippen molar-refractivity contribution < 1.29 is 4.79 Å². The van der Waals surface area contributed by atoms with E-state index in [4.69, 9.17) is 5.73 Å². The molecule has 2 aliphatic rings. The van der Waals surface area contributed by atoms with Gasteiger partial charge in [-0.3, -0.25) is 9.78 Å². The zero-order valence-corrected chi connectivity index (χ0v) is 13.8. The van der Waals surface area contributed by atoms with E-state index in [1.807, 2.05) is 12.3 Å². The maximum atomic E-state index is 12.7. The molecule has 122 valence electrons. The van der Waals surface area contributed by atoms with Crippen molar-refractivity contribution >= 4 is 18.3 Å². The molecule has 0 spiro atoms. The Morgan fingerprint density at radius 1 is 1.27 bits per heavy atom. The lowest BCUT2D eigenvalue weighted by Gasteiger charge is -2.31. The van der Waals surface area contributed by atoms with Gasteiger partial charge in [0.2, 0.25) is 5.91 Å². The summed E-state index contributed by atoms with van der Waals surface area (Å²) in [6.45, 7) is 0.875. The second kappa shape index (κ2) is 7.93. The fraction of sp³-hybridized carbons (Fsp3) is 0.647. The smallest absolute Gasteiger partial charge is 0.223 e. The quantitative estimate of drug-likeness (QED) is 0.930. The molecule has 0 bridgehead atoms. The predicted octanol–water partition coefficient (Wildman–Crippen LogP) is 3.07. The van der Waals surface area contributed by atoms with Crippen LogP contribution in [0.3, 0.4) is 0 Å². The first-order chi connectivity index (χ1) is 10.3. The first kappa shape index (κ1) is 17.2. The monoisotopic (exact) mass is 323 g/mol. The Morgan fingerprint density at radius 3 is 2.82 bits per heavy atom. The van der Waals surface area contributed by atoms with Crippen LogP contribution in [0, 0.1) is 5.92 Å². The topological polar surface area (TPSA) is 59.2 Å². The summed E-state index contributed by atoms with van der Waals surface area (Å²) in [5.41, 5.74) is 7.35. The molecule has 22 heavy (non-hydrogen) atoms. The Hall–Kier alpha value is -1.13. The summed E-state index contributed by atoms with van der Waals surface area (Å²) in [6, 6.07) is 4.45. The van der Waals surface area contributed by atoms with E-state index in [0.717, 1.165) is 37.8 Å². The number of nitrogens with zero attached hydrogens (tertiary/aromatic N) is 2. The highest BCUT2D eigenvalue weighted by molar-refractivity contribution is 5.85. The van der Waals surface area contributed by atoms with Crippen molar-refractivity contribution in [1.29, 1.82) is 0 Å². The van der Waals surface area contributed by atoms with Gasteiger partial charge in [-0.15, -0.1) is 12.4 Å². The fourth-order valence-electron chi connectivity index (χ4n) is 3.82. The van der Waals surface area contributed by atoms with Gasteiger partial charge in [0.25, 0.3) is 0 Å². The summed E-state index contributed by atoms with van der Waals surface area (Å²) in [4.78, 5) is 18.9. The van der Waals surface area contributed by atoms with E-state index in [1.165, 1.54) is 12.8 Å². The molecular weight excluding hydrogens is 298 g/mol. The van der Waals surface area contributed by atoms with E-state index in [9.17, 15) is 4.79 Å². The first-order valence-electron chi connectivity index (χ1n) is 8.20. The molecule has 1 amide bonds. The highest BCUT2D eigenvalue weighted by atomic mass is 35.5. The van der Waals surface area contributed by atoms with E-state index in [2.05, 4.69) is 16.0 Å². The van der Waals surface area contributed by atoms with Gasteiger partial charge >= 0.3 is 0 Å². The zero-order valence-electron chi connectivity index (χ0n) is 13.0. The number of hydrogen-bond acceptors (Lipinski definition) is 3. The summed E-state index contributed by atoms with van der Waals surface area (Å²) in [6.07, 6.45) is 11.1. The van der Waals surface area contributed by atoms with E-state index in [0.29, 0.717) is 12.3 Å². The molecule has 0 aromatic carbocycles. The lowest BCUT2D eigenvalue weighted by atomic mass is 9.82. The molecule has 3 atom stereocenters. The first-order valence-corrected chi connectivity index (χ1v) is 8.20. The number of carbonyl (C=O) groups excluding carboxylic acids is 1. The van der Waals surface area contributed by atoms with Crippen LogP contribution in [0.25, 0.3) is 0 Å². The van der Waals surface area contributed by atoms with Crippen LogP contribution in [0.1, 0.15) is 56.6 Å². The summed E-state index contributed by atoms with van der Waals surface area (Å²) in [5, 5.41) is 0. The molecule has 1 aliphatic carbocycles. The highest BCUT2D eigenvalue weighted by Gasteiger charge is 2.32. The summed E-state index contributed by atoms with van der Waals surface area (Å²) >= 11 is 0. The molecule has 1 saturated carbocycles. The van der Waals surface area contributed by atoms with Crippen molar-refractivity contribution in [3.05, 3.63) is 30.1 Å². The van der Waals surface area contributed by atoms with E-state index in [-0.39, 0.29) is 30.4 Å². The van der Waals surface area contributed by atoms with Gasteiger partial charge in [0.1, 0.15) is 0 Å². The summed E-state index contributed by atoms with van der Waals surface area (Å²) in [5.74, 6) is 0.658. The average molecular weight is 324 g/mol. The van der Waals surface area contributed by atoms with E-state index < -0.39 is 0 Å². The molecule has 1 aromatic rings. The summed E-state index contributed by atoms with van der Waals surface area (Å²) in [7, 11) is 0. The van der Waals surface area contributed by atoms with E-state index in [1.54, 1.807) is 6.20 Å². The maximum absolute atomic E-state index is 12.7. The molecule has 1 saturated heterocycles. The third kappa shape index (κ3) is 3.79. The minimum atomic E-state index is 0. The van der Waals surface area contributed by atoms with Crippen molar-refractivity contribution in [3.63, 3.8) is 0 Å². The number of rotatable bonds is 3. The second-order valence-corrected chi connectivity index (χ2v) is 6.44. The van der Waals surface area contributed by atoms with Crippen LogP contribution < -0.4 is 5.73 Å². The Labute approximate surface area is 138 Å². The molecule has 3 rings (SSSR count). The molecule has 2 heterocycles. The largest absolute Gasteiger partial charge is 0.336 e. The van der Waals surface area contributed by atoms with Gasteiger partial charge in [-0.1, -0.05) is 18.9 Å². The number of amides is 1. The lowest BCUT2D eigenvalue weighted by molar-refractivity contribution is -0.133. The Morgan fingerprint density at radius 2 is 2.09 bits per heavy atom. The fourth-order valence-corrected chi connectivity index (χ4v) is 3.82. The number of carbonyl (C=O) groups is 1.